The zero-order chi connectivity index (χ0) is 18.5. The van der Waals surface area contributed by atoms with E-state index in [4.69, 9.17) is 9.15 Å². The minimum atomic E-state index is -0.938. The summed E-state index contributed by atoms with van der Waals surface area (Å²) in [6.45, 7) is 0.955. The molecule has 9 nitrogen and oxygen atoms in total. The Hall–Kier alpha value is -3.27. The van der Waals surface area contributed by atoms with Crippen LogP contribution in [-0.2, 0) is 14.3 Å². The molecule has 0 spiro atoms. The Bertz CT molecular complexity index is 937. The van der Waals surface area contributed by atoms with Crippen LogP contribution >= 0.6 is 11.7 Å². The highest BCUT2D eigenvalue weighted by Gasteiger charge is 2.20. The molecule has 0 radical (unpaired) electrons. The second kappa shape index (κ2) is 7.74. The minimum absolute atomic E-state index is 0.0763. The summed E-state index contributed by atoms with van der Waals surface area (Å²) in [7, 11) is 0. The number of amides is 2. The van der Waals surface area contributed by atoms with Gasteiger partial charge in [-0.15, -0.1) is 0 Å². The van der Waals surface area contributed by atoms with E-state index in [1.165, 1.54) is 19.3 Å². The van der Waals surface area contributed by atoms with Crippen LogP contribution in [0.1, 0.15) is 17.5 Å². The van der Waals surface area contributed by atoms with Crippen LogP contribution in [0.5, 0.6) is 0 Å². The van der Waals surface area contributed by atoms with Crippen LogP contribution < -0.4 is 10.6 Å². The number of fused-ring (bicyclic) bond motifs is 1. The average molecular weight is 374 g/mol. The van der Waals surface area contributed by atoms with E-state index in [1.54, 1.807) is 24.3 Å². The Morgan fingerprint density at radius 3 is 2.85 bits per heavy atom. The van der Waals surface area contributed by atoms with Crippen LogP contribution in [-0.4, -0.2) is 39.2 Å². The number of aromatic nitrogens is 2. The average Bonchev–Trinajstić information content (AvgIpc) is 3.31. The second-order valence-corrected chi connectivity index (χ2v) is 5.79. The Morgan fingerprint density at radius 2 is 2.08 bits per heavy atom. The lowest BCUT2D eigenvalue weighted by Gasteiger charge is -2.12. The van der Waals surface area contributed by atoms with Crippen molar-refractivity contribution in [3.8, 4) is 0 Å². The number of hydrogen-bond acceptors (Lipinski definition) is 8. The zero-order valence-corrected chi connectivity index (χ0v) is 14.4. The lowest BCUT2D eigenvalue weighted by molar-refractivity contribution is -0.148. The van der Waals surface area contributed by atoms with Crippen molar-refractivity contribution in [3.05, 3.63) is 42.4 Å². The van der Waals surface area contributed by atoms with Crippen molar-refractivity contribution >= 4 is 46.2 Å². The molecule has 0 unspecified atom stereocenters. The second-order valence-electron chi connectivity index (χ2n) is 5.27. The number of nitrogens with zero attached hydrogens (tertiary/aromatic N) is 2. The fourth-order valence-corrected chi connectivity index (χ4v) is 2.64. The number of anilines is 1. The van der Waals surface area contributed by atoms with Crippen molar-refractivity contribution in [2.75, 3.05) is 11.9 Å². The summed E-state index contributed by atoms with van der Waals surface area (Å²) in [6, 6.07) is 7.27. The largest absolute Gasteiger partial charge is 0.459 e. The fourth-order valence-electron chi connectivity index (χ4n) is 2.09. The van der Waals surface area contributed by atoms with E-state index < -0.39 is 30.4 Å². The molecule has 10 heteroatoms. The smallest absolute Gasteiger partial charge is 0.328 e. The van der Waals surface area contributed by atoms with Crippen molar-refractivity contribution in [3.63, 3.8) is 0 Å². The van der Waals surface area contributed by atoms with Crippen LogP contribution in [0.3, 0.4) is 0 Å². The number of rotatable bonds is 6. The summed E-state index contributed by atoms with van der Waals surface area (Å²) in [4.78, 5) is 35.7. The molecule has 3 rings (SSSR count). The molecule has 26 heavy (non-hydrogen) atoms. The van der Waals surface area contributed by atoms with Crippen molar-refractivity contribution in [2.24, 2.45) is 0 Å². The Morgan fingerprint density at radius 1 is 1.23 bits per heavy atom. The molecule has 2 N–H and O–H groups in total. The number of hydrogen-bond donors (Lipinski definition) is 2. The lowest BCUT2D eigenvalue weighted by Crippen LogP contribution is -2.40. The molecule has 1 aromatic carbocycles. The van der Waals surface area contributed by atoms with E-state index in [-0.39, 0.29) is 5.76 Å². The Labute approximate surface area is 151 Å². The third-order valence-electron chi connectivity index (χ3n) is 3.35. The first kappa shape index (κ1) is 17.5. The summed E-state index contributed by atoms with van der Waals surface area (Å²) in [5.41, 5.74) is 1.71. The van der Waals surface area contributed by atoms with Crippen LogP contribution in [0.25, 0.3) is 11.0 Å². The molecule has 0 aliphatic rings. The first-order valence-corrected chi connectivity index (χ1v) is 8.30. The van der Waals surface area contributed by atoms with Crippen LogP contribution in [0.2, 0.25) is 0 Å². The van der Waals surface area contributed by atoms with Crippen molar-refractivity contribution < 1.29 is 23.5 Å². The molecule has 0 fully saturated rings. The number of ether oxygens (including phenoxy) is 1. The number of carbonyl (C=O) groups is 3. The summed E-state index contributed by atoms with van der Waals surface area (Å²) < 4.78 is 18.0. The van der Waals surface area contributed by atoms with Gasteiger partial charge in [-0.25, -0.2) is 4.79 Å². The van der Waals surface area contributed by atoms with Gasteiger partial charge in [-0.2, -0.15) is 8.75 Å². The van der Waals surface area contributed by atoms with Gasteiger partial charge in [0.1, 0.15) is 17.1 Å². The molecule has 2 aromatic heterocycles. The van der Waals surface area contributed by atoms with Gasteiger partial charge in [0.25, 0.3) is 11.8 Å². The molecule has 0 aliphatic carbocycles. The molecule has 2 amide bonds. The third kappa shape index (κ3) is 4.03. The quantitative estimate of drug-likeness (QED) is 0.628. The zero-order valence-electron chi connectivity index (χ0n) is 13.6. The molecular weight excluding hydrogens is 360 g/mol. The number of benzene rings is 1. The van der Waals surface area contributed by atoms with Crippen LogP contribution in [0.4, 0.5) is 5.69 Å². The molecule has 0 saturated carbocycles. The molecular formula is C16H14N4O5S. The van der Waals surface area contributed by atoms with Crippen LogP contribution in [0, 0.1) is 0 Å². The van der Waals surface area contributed by atoms with Gasteiger partial charge in [-0.05, 0) is 31.2 Å². The normalized spacial score (nSPS) is 11.7. The van der Waals surface area contributed by atoms with Gasteiger partial charge in [0.2, 0.25) is 0 Å². The standard InChI is InChI=1S/C16H14N4O5S/c1-9(17-15(22)12-6-3-7-24-12)16(23)25-8-13(21)18-10-4-2-5-11-14(10)20-26-19-11/h2-7,9H,8H2,1H3,(H,17,22)(H,18,21)/t9-/m0/s1. The van der Waals surface area contributed by atoms with Gasteiger partial charge in [0.05, 0.1) is 23.7 Å². The molecule has 0 bridgehead atoms. The predicted octanol–water partition coefficient (Wildman–Crippen LogP) is 1.58. The van der Waals surface area contributed by atoms with E-state index in [0.29, 0.717) is 16.7 Å². The maximum absolute atomic E-state index is 12.0. The molecule has 0 aliphatic heterocycles. The Balaban J connectivity index is 1.50. The molecule has 3 aromatic rings. The van der Waals surface area contributed by atoms with Gasteiger partial charge in [-0.1, -0.05) is 6.07 Å². The highest BCUT2D eigenvalue weighted by atomic mass is 32.1. The highest BCUT2D eigenvalue weighted by molar-refractivity contribution is 7.00. The van der Waals surface area contributed by atoms with Gasteiger partial charge < -0.3 is 19.8 Å². The van der Waals surface area contributed by atoms with E-state index in [0.717, 1.165) is 11.7 Å². The van der Waals surface area contributed by atoms with Crippen molar-refractivity contribution in [2.45, 2.75) is 13.0 Å². The maximum Gasteiger partial charge on any atom is 0.328 e. The van der Waals surface area contributed by atoms with Gasteiger partial charge in [0.15, 0.2) is 12.4 Å². The number of furan rings is 1. The van der Waals surface area contributed by atoms with Gasteiger partial charge in [-0.3, -0.25) is 9.59 Å². The molecule has 134 valence electrons. The van der Waals surface area contributed by atoms with E-state index in [2.05, 4.69) is 19.4 Å². The third-order valence-corrected chi connectivity index (χ3v) is 3.89. The van der Waals surface area contributed by atoms with Gasteiger partial charge >= 0.3 is 5.97 Å². The molecule has 0 saturated heterocycles. The van der Waals surface area contributed by atoms with Crippen molar-refractivity contribution in [1.29, 1.82) is 0 Å². The number of carbonyl (C=O) groups excluding carboxylic acids is 3. The summed E-state index contributed by atoms with van der Waals surface area (Å²) in [5, 5.41) is 5.03. The topological polar surface area (TPSA) is 123 Å². The van der Waals surface area contributed by atoms with E-state index in [1.807, 2.05) is 0 Å². The summed E-state index contributed by atoms with van der Waals surface area (Å²) in [6.07, 6.45) is 1.35. The monoisotopic (exact) mass is 374 g/mol. The number of nitrogens with one attached hydrogen (secondary N) is 2. The van der Waals surface area contributed by atoms with Crippen LogP contribution in [0.15, 0.2) is 41.0 Å². The molecule has 1 atom stereocenters. The first-order valence-electron chi connectivity index (χ1n) is 7.56. The minimum Gasteiger partial charge on any atom is -0.459 e. The lowest BCUT2D eigenvalue weighted by atomic mass is 10.2. The highest BCUT2D eigenvalue weighted by Crippen LogP contribution is 2.20. The SMILES string of the molecule is C[C@H](NC(=O)c1ccco1)C(=O)OCC(=O)Nc1cccc2nsnc12. The van der Waals surface area contributed by atoms with Gasteiger partial charge in [0, 0.05) is 0 Å². The molecule has 2 heterocycles. The summed E-state index contributed by atoms with van der Waals surface area (Å²) in [5.74, 6) is -1.74. The van der Waals surface area contributed by atoms with E-state index >= 15 is 0 Å². The van der Waals surface area contributed by atoms with Crippen molar-refractivity contribution in [1.82, 2.24) is 14.1 Å². The number of esters is 1. The van der Waals surface area contributed by atoms with E-state index in [9.17, 15) is 14.4 Å². The summed E-state index contributed by atoms with van der Waals surface area (Å²) >= 11 is 1.04. The fraction of sp³-hybridized carbons (Fsp3) is 0.188. The maximum atomic E-state index is 12.0. The predicted molar refractivity (Wildman–Crippen MR) is 92.6 cm³/mol. The Kier molecular flexibility index (Phi) is 5.23. The first-order chi connectivity index (χ1) is 12.5.